The average Bonchev–Trinajstić information content (AvgIpc) is 4.09. The van der Waals surface area contributed by atoms with Gasteiger partial charge in [0.05, 0.1) is 23.9 Å². The number of carbonyl (C=O) groups excluding carboxylic acids is 3. The topological polar surface area (TPSA) is 185 Å². The monoisotopic (exact) mass is 831 g/mol. The van der Waals surface area contributed by atoms with E-state index in [1.165, 1.54) is 31.1 Å². The molecule has 1 aromatic carbocycles. The fraction of sp³-hybridized carbons (Fsp3) is 0.625. The normalized spacial score (nSPS) is 31.4. The molecule has 4 heterocycles. The lowest BCUT2D eigenvalue weighted by Gasteiger charge is -2.40. The van der Waals surface area contributed by atoms with Gasteiger partial charge in [0.1, 0.15) is 29.0 Å². The van der Waals surface area contributed by atoms with Gasteiger partial charge in [-0.2, -0.15) is 13.2 Å². The Morgan fingerprint density at radius 2 is 1.86 bits per heavy atom. The molecule has 1 aromatic heterocycles. The number of rotatable bonds is 6. The first-order chi connectivity index (χ1) is 27.3. The predicted molar refractivity (Wildman–Crippen MR) is 202 cm³/mol. The summed E-state index contributed by atoms with van der Waals surface area (Å²) in [6, 6.07) is 1.48. The molecule has 2 aromatic rings. The number of amides is 4. The molecule has 6 aliphatic rings. The zero-order valence-corrected chi connectivity index (χ0v) is 33.4. The van der Waals surface area contributed by atoms with Crippen molar-refractivity contribution in [2.24, 2.45) is 11.8 Å². The van der Waals surface area contributed by atoms with Crippen LogP contribution in [0.3, 0.4) is 0 Å². The number of aryl methyl sites for hydroxylation is 1. The molecule has 58 heavy (non-hydrogen) atoms. The van der Waals surface area contributed by atoms with Crippen LogP contribution in [0.25, 0.3) is 10.9 Å². The Kier molecular flexibility index (Phi) is 9.70. The number of halogens is 3. The highest BCUT2D eigenvalue weighted by molar-refractivity contribution is 7.91. The second-order valence-corrected chi connectivity index (χ2v) is 19.4. The summed E-state index contributed by atoms with van der Waals surface area (Å²) in [5.41, 5.74) is -4.21. The Bertz CT molecular complexity index is 2210. The third kappa shape index (κ3) is 6.81. The molecule has 0 bridgehead atoms. The number of benzene rings is 1. The first-order valence-electron chi connectivity index (χ1n) is 20.0. The number of hydrogen-bond acceptors (Lipinski definition) is 9. The maximum Gasteiger partial charge on any atom is 0.437 e. The average molecular weight is 832 g/mol. The predicted octanol–water partition coefficient (Wildman–Crippen LogP) is 5.08. The van der Waals surface area contributed by atoms with Gasteiger partial charge in [-0.3, -0.25) is 24.0 Å². The number of alkyl halides is 3. The lowest BCUT2D eigenvalue weighted by atomic mass is 9.80. The van der Waals surface area contributed by atoms with Crippen molar-refractivity contribution < 1.29 is 55.3 Å². The van der Waals surface area contributed by atoms with Crippen LogP contribution in [0, 0.1) is 11.8 Å². The fourth-order valence-electron chi connectivity index (χ4n) is 9.23. The molecule has 18 heteroatoms. The van der Waals surface area contributed by atoms with Crippen molar-refractivity contribution in [1.29, 1.82) is 0 Å². The summed E-state index contributed by atoms with van der Waals surface area (Å²) < 4.78 is 83.9. The van der Waals surface area contributed by atoms with Crippen LogP contribution in [0.4, 0.5) is 18.0 Å². The smallest absolute Gasteiger partial charge is 0.437 e. The van der Waals surface area contributed by atoms with Crippen molar-refractivity contribution in [2.45, 2.75) is 131 Å². The van der Waals surface area contributed by atoms with Crippen molar-refractivity contribution in [2.75, 3.05) is 13.7 Å². The second-order valence-electron chi connectivity index (χ2n) is 17.2. The lowest BCUT2D eigenvalue weighted by Crippen LogP contribution is -2.60. The highest BCUT2D eigenvalue weighted by atomic mass is 32.2. The van der Waals surface area contributed by atoms with Crippen LogP contribution in [0.2, 0.25) is 0 Å². The Morgan fingerprint density at radius 3 is 2.52 bits per heavy atom. The SMILES string of the molecule is COc1ccc2nc(C(F)(F)F)c3c(c2c1)CC[C@@]1(CN2C(=O)[C@@H](N(C(=O)O)C4CC4)CCCCC/C=C\[C@@H]4C[C@@]4(C(=O)NS(=O)(=O)C4(C)CC4)NC(=O)[C@@H]2C1C)O3. The van der Waals surface area contributed by atoms with Crippen LogP contribution < -0.4 is 19.5 Å². The van der Waals surface area contributed by atoms with E-state index in [4.69, 9.17) is 9.47 Å². The van der Waals surface area contributed by atoms with Crippen molar-refractivity contribution in [1.82, 2.24) is 24.8 Å². The van der Waals surface area contributed by atoms with E-state index >= 15 is 0 Å². The Balaban J connectivity index is 1.21. The molecule has 314 valence electrons. The summed E-state index contributed by atoms with van der Waals surface area (Å²) in [6.45, 7) is 2.77. The van der Waals surface area contributed by atoms with Gasteiger partial charge in [0, 0.05) is 28.8 Å². The Morgan fingerprint density at radius 1 is 1.12 bits per heavy atom. The number of pyridine rings is 1. The van der Waals surface area contributed by atoms with Crippen LogP contribution in [-0.4, -0.2) is 99.8 Å². The van der Waals surface area contributed by atoms with Crippen molar-refractivity contribution in [3.8, 4) is 11.5 Å². The van der Waals surface area contributed by atoms with Crippen LogP contribution in [0.15, 0.2) is 30.4 Å². The molecule has 1 saturated heterocycles. The number of fused-ring (bicyclic) bond motifs is 5. The number of sulfonamides is 1. The number of allylic oxidation sites excluding steroid dienone is 1. The molecule has 3 saturated carbocycles. The summed E-state index contributed by atoms with van der Waals surface area (Å²) >= 11 is 0. The molecule has 0 radical (unpaired) electrons. The molecule has 4 fully saturated rings. The summed E-state index contributed by atoms with van der Waals surface area (Å²) in [5.74, 6) is -4.13. The third-order valence-electron chi connectivity index (χ3n) is 13.3. The fourth-order valence-corrected chi connectivity index (χ4v) is 10.5. The molecule has 1 unspecified atom stereocenters. The van der Waals surface area contributed by atoms with Crippen LogP contribution in [0.1, 0.15) is 95.7 Å². The molecular weight excluding hydrogens is 784 g/mol. The van der Waals surface area contributed by atoms with Gasteiger partial charge in [-0.05, 0) is 89.3 Å². The third-order valence-corrected chi connectivity index (χ3v) is 15.5. The standard InChI is InChI=1S/C40H48F3N5O9S/c1-22-30-33(49)45-39(35(51)46-58(54,55)37(2)17-18-37)20-23(39)9-7-5-4-6-8-10-29(48(36(52)53)24-11-12-24)34(50)47(30)21-38(22)16-15-26-27-19-25(56-3)13-14-28(27)44-32(31(26)57-38)40(41,42)43/h7,9,13-14,19,22-24,29-30H,4-6,8,10-12,15-18,20-21H2,1-3H3,(H,45,49)(H,46,51)(H,52,53)/b9-7-/t22?,23-,29+,30+,38+,39-/m1/s1. The van der Waals surface area contributed by atoms with Gasteiger partial charge >= 0.3 is 12.3 Å². The number of hydrogen-bond donors (Lipinski definition) is 3. The van der Waals surface area contributed by atoms with Crippen molar-refractivity contribution in [3.05, 3.63) is 41.6 Å². The molecular formula is C40H48F3N5O9S. The zero-order chi connectivity index (χ0) is 41.6. The Labute approximate surface area is 333 Å². The number of carbonyl (C=O) groups is 4. The highest BCUT2D eigenvalue weighted by Crippen LogP contribution is 2.52. The molecule has 3 N–H and O–H groups in total. The largest absolute Gasteiger partial charge is 0.497 e. The van der Waals surface area contributed by atoms with E-state index in [0.29, 0.717) is 62.5 Å². The molecule has 8 rings (SSSR count). The number of ether oxygens (including phenoxy) is 2. The molecule has 3 aliphatic heterocycles. The number of nitrogens with one attached hydrogen (secondary N) is 2. The minimum Gasteiger partial charge on any atom is -0.497 e. The molecule has 4 amide bonds. The van der Waals surface area contributed by atoms with E-state index < -0.39 is 97.3 Å². The van der Waals surface area contributed by atoms with Gasteiger partial charge in [0.2, 0.25) is 21.8 Å². The van der Waals surface area contributed by atoms with Crippen LogP contribution in [-0.2, 0) is 37.0 Å². The number of nitrogens with zero attached hydrogens (tertiary/aromatic N) is 3. The molecule has 3 aliphatic carbocycles. The lowest BCUT2D eigenvalue weighted by molar-refractivity contribution is -0.145. The first-order valence-corrected chi connectivity index (χ1v) is 21.5. The van der Waals surface area contributed by atoms with E-state index in [9.17, 15) is 45.9 Å². The van der Waals surface area contributed by atoms with Crippen molar-refractivity contribution in [3.63, 3.8) is 0 Å². The van der Waals surface area contributed by atoms with Gasteiger partial charge in [-0.25, -0.2) is 18.2 Å². The summed E-state index contributed by atoms with van der Waals surface area (Å²) in [4.78, 5) is 63.0. The van der Waals surface area contributed by atoms with E-state index in [0.717, 1.165) is 4.90 Å². The molecule has 1 spiro atoms. The van der Waals surface area contributed by atoms with Crippen LogP contribution >= 0.6 is 0 Å². The minimum absolute atomic E-state index is 0.0495. The van der Waals surface area contributed by atoms with E-state index in [2.05, 4.69) is 15.0 Å². The van der Waals surface area contributed by atoms with E-state index in [1.807, 2.05) is 6.08 Å². The summed E-state index contributed by atoms with van der Waals surface area (Å²) in [6.07, 6.45) is 2.03. The van der Waals surface area contributed by atoms with Gasteiger partial charge < -0.3 is 24.8 Å². The summed E-state index contributed by atoms with van der Waals surface area (Å²) in [5, 5.41) is 13.6. The summed E-state index contributed by atoms with van der Waals surface area (Å²) in [7, 11) is -2.68. The molecule has 14 nitrogen and oxygen atoms in total. The van der Waals surface area contributed by atoms with E-state index in [-0.39, 0.29) is 43.3 Å². The van der Waals surface area contributed by atoms with Crippen molar-refractivity contribution >= 4 is 44.7 Å². The second kappa shape index (κ2) is 14.0. The zero-order valence-electron chi connectivity index (χ0n) is 32.6. The van der Waals surface area contributed by atoms with Crippen LogP contribution in [0.5, 0.6) is 11.5 Å². The minimum atomic E-state index is -4.95. The van der Waals surface area contributed by atoms with Gasteiger partial charge in [0.25, 0.3) is 5.91 Å². The Hall–Kier alpha value is -4.61. The molecule has 6 atom stereocenters. The van der Waals surface area contributed by atoms with E-state index in [1.54, 1.807) is 19.1 Å². The van der Waals surface area contributed by atoms with Gasteiger partial charge in [-0.15, -0.1) is 0 Å². The number of aromatic nitrogens is 1. The highest BCUT2D eigenvalue weighted by Gasteiger charge is 2.65. The quantitative estimate of drug-likeness (QED) is 0.332. The number of methoxy groups -OCH3 is 1. The first kappa shape index (κ1) is 40.2. The number of carboxylic acid groups (broad SMARTS) is 1. The maximum atomic E-state index is 15.0. The van der Waals surface area contributed by atoms with Gasteiger partial charge in [-0.1, -0.05) is 31.9 Å². The maximum absolute atomic E-state index is 15.0. The van der Waals surface area contributed by atoms with Gasteiger partial charge in [0.15, 0.2) is 11.4 Å².